The number of nitrogens with one attached hydrogen (secondary N) is 1. The number of aliphatic hydroxyl groups is 11. The molecular weight excluding hydrogens is 1190 g/mol. The van der Waals surface area contributed by atoms with Gasteiger partial charge in [0.05, 0.1) is 38.6 Å². The van der Waals surface area contributed by atoms with Crippen molar-refractivity contribution < 1.29 is 89.4 Å². The van der Waals surface area contributed by atoms with Gasteiger partial charge in [-0.15, -0.1) is 0 Å². The predicted molar refractivity (Wildman–Crippen MR) is 364 cm³/mol. The summed E-state index contributed by atoms with van der Waals surface area (Å²) in [6.07, 6.45) is 44.3. The molecule has 538 valence electrons. The molecule has 0 spiro atoms. The lowest BCUT2D eigenvalue weighted by Crippen LogP contribution is -2.66. The zero-order valence-electron chi connectivity index (χ0n) is 57.0. The van der Waals surface area contributed by atoms with Gasteiger partial charge >= 0.3 is 0 Å². The van der Waals surface area contributed by atoms with E-state index in [1.807, 2.05) is 6.08 Å². The molecule has 0 aromatic carbocycles. The molecule has 0 bridgehead atoms. The summed E-state index contributed by atoms with van der Waals surface area (Å²) in [5, 5.41) is 120. The van der Waals surface area contributed by atoms with Gasteiger partial charge in [-0.1, -0.05) is 247 Å². The van der Waals surface area contributed by atoms with Gasteiger partial charge in [0.25, 0.3) is 0 Å². The maximum absolute atomic E-state index is 13.4. The molecule has 0 aliphatic carbocycles. The minimum atomic E-state index is -1.98. The Kier molecular flexibility index (Phi) is 49.7. The van der Waals surface area contributed by atoms with E-state index < -0.39 is 124 Å². The zero-order chi connectivity index (χ0) is 67.5. The van der Waals surface area contributed by atoms with Crippen LogP contribution in [0.3, 0.4) is 0 Å². The van der Waals surface area contributed by atoms with Gasteiger partial charge in [-0.05, 0) is 77.0 Å². The van der Waals surface area contributed by atoms with Gasteiger partial charge in [-0.3, -0.25) is 4.79 Å². The Hall–Kier alpha value is -3.03. The Labute approximate surface area is 559 Å². The highest BCUT2D eigenvalue weighted by atomic mass is 16.8. The quantitative estimate of drug-likeness (QED) is 0.0199. The molecule has 93 heavy (non-hydrogen) atoms. The lowest BCUT2D eigenvalue weighted by Gasteiger charge is -2.48. The van der Waals surface area contributed by atoms with Crippen LogP contribution in [0.25, 0.3) is 0 Å². The van der Waals surface area contributed by atoms with E-state index in [9.17, 15) is 61.0 Å². The molecule has 0 radical (unpaired) electrons. The van der Waals surface area contributed by atoms with Gasteiger partial charge in [0.1, 0.15) is 73.2 Å². The Morgan fingerprint density at radius 3 is 1.20 bits per heavy atom. The summed E-state index contributed by atoms with van der Waals surface area (Å²) in [5.74, 6) is -0.286. The van der Waals surface area contributed by atoms with E-state index in [2.05, 4.69) is 92.1 Å². The lowest BCUT2D eigenvalue weighted by atomic mass is 9.96. The number of carbonyl (C=O) groups excluding carboxylic acids is 1. The Morgan fingerprint density at radius 1 is 0.398 bits per heavy atom. The van der Waals surface area contributed by atoms with Crippen molar-refractivity contribution in [1.29, 1.82) is 0 Å². The summed E-state index contributed by atoms with van der Waals surface area (Å²) in [4.78, 5) is 13.4. The Balaban J connectivity index is 1.37. The molecule has 3 fully saturated rings. The largest absolute Gasteiger partial charge is 0.394 e. The van der Waals surface area contributed by atoms with Crippen LogP contribution < -0.4 is 5.32 Å². The molecule has 19 nitrogen and oxygen atoms in total. The molecule has 3 heterocycles. The monoisotopic (exact) mass is 1320 g/mol. The number of rotatable bonds is 55. The van der Waals surface area contributed by atoms with Crippen molar-refractivity contribution in [2.75, 3.05) is 26.4 Å². The second kappa shape index (κ2) is 54.9. The minimum absolute atomic E-state index is 0.233. The zero-order valence-corrected chi connectivity index (χ0v) is 57.0. The molecule has 3 aliphatic rings. The molecule has 0 saturated carbocycles. The van der Waals surface area contributed by atoms with E-state index in [1.165, 1.54) is 141 Å². The van der Waals surface area contributed by atoms with Gasteiger partial charge in [0, 0.05) is 6.42 Å². The Bertz CT molecular complexity index is 2010. The number of aliphatic hydroxyl groups excluding tert-OH is 11. The van der Waals surface area contributed by atoms with Gasteiger partial charge in [-0.25, -0.2) is 0 Å². The number of carbonyl (C=O) groups is 1. The highest BCUT2D eigenvalue weighted by molar-refractivity contribution is 5.76. The van der Waals surface area contributed by atoms with Crippen LogP contribution in [0.5, 0.6) is 0 Å². The fraction of sp³-hybridized carbons (Fsp3) is 0.797. The summed E-state index contributed by atoms with van der Waals surface area (Å²) >= 11 is 0. The van der Waals surface area contributed by atoms with Crippen LogP contribution in [0.15, 0.2) is 85.1 Å². The average Bonchev–Trinajstić information content (AvgIpc) is 0.902. The lowest BCUT2D eigenvalue weighted by molar-refractivity contribution is -0.379. The molecule has 12 N–H and O–H groups in total. The normalized spacial score (nSPS) is 28.0. The van der Waals surface area contributed by atoms with Crippen LogP contribution in [0.4, 0.5) is 0 Å². The van der Waals surface area contributed by atoms with Crippen molar-refractivity contribution in [3.8, 4) is 0 Å². The second-order valence-corrected chi connectivity index (χ2v) is 25.7. The fourth-order valence-corrected chi connectivity index (χ4v) is 11.8. The molecule has 0 aromatic heterocycles. The highest BCUT2D eigenvalue weighted by Crippen LogP contribution is 2.33. The second-order valence-electron chi connectivity index (χ2n) is 25.7. The number of hydrogen-bond donors (Lipinski definition) is 12. The topological polar surface area (TPSA) is 307 Å². The standard InChI is InChI=1S/C74H129NO18/c1-3-5-7-9-11-13-15-17-19-20-21-22-23-24-25-26-27-28-29-30-31-32-33-34-35-36-38-40-42-44-46-48-50-52-62(80)75-57(58(79)51-49-47-45-43-41-39-37-18-16-14-12-10-8-6-4-2)56-88-72-68(86)65(83)70(60(54-77)90-72)93-74-69(87)66(84)71(61(55-78)91-74)92-73-67(85)64(82)63(81)59(53-76)89-73/h5,7,11,13,17,19,21-22,24-25,41,43,49,51,57-61,63-74,76-79,81-87H,3-4,6,8-10,12,14-16,18,20,23,26-40,42,44-48,50,52-56H2,1-2H3,(H,75,80)/b7-5-,13-11-,19-17-,22-21-,25-24-,43-41+,51-49+. The van der Waals surface area contributed by atoms with E-state index in [0.29, 0.717) is 12.8 Å². The number of ether oxygens (including phenoxy) is 6. The van der Waals surface area contributed by atoms with Crippen LogP contribution in [-0.2, 0) is 33.2 Å². The minimum Gasteiger partial charge on any atom is -0.394 e. The third-order valence-electron chi connectivity index (χ3n) is 17.7. The first kappa shape index (κ1) is 84.2. The first-order valence-electron chi connectivity index (χ1n) is 36.3. The molecule has 0 aromatic rings. The summed E-state index contributed by atoms with van der Waals surface area (Å²) in [7, 11) is 0. The fourth-order valence-electron chi connectivity index (χ4n) is 11.8. The molecule has 1 amide bonds. The van der Waals surface area contributed by atoms with Crippen molar-refractivity contribution >= 4 is 5.91 Å². The van der Waals surface area contributed by atoms with Gasteiger partial charge in [-0.2, -0.15) is 0 Å². The predicted octanol–water partition coefficient (Wildman–Crippen LogP) is 10.3. The summed E-state index contributed by atoms with van der Waals surface area (Å²) in [5.41, 5.74) is 0. The van der Waals surface area contributed by atoms with E-state index in [-0.39, 0.29) is 18.9 Å². The average molecular weight is 1320 g/mol. The first-order chi connectivity index (χ1) is 45.3. The van der Waals surface area contributed by atoms with Crippen molar-refractivity contribution in [2.45, 2.75) is 349 Å². The molecule has 3 aliphatic heterocycles. The van der Waals surface area contributed by atoms with Gasteiger partial charge < -0.3 is 89.9 Å². The number of amides is 1. The maximum atomic E-state index is 13.4. The molecule has 19 heteroatoms. The van der Waals surface area contributed by atoms with Crippen molar-refractivity contribution in [1.82, 2.24) is 5.32 Å². The number of hydrogen-bond acceptors (Lipinski definition) is 18. The van der Waals surface area contributed by atoms with Gasteiger partial charge in [0.2, 0.25) is 5.91 Å². The van der Waals surface area contributed by atoms with Crippen LogP contribution in [0.1, 0.15) is 245 Å². The molecular formula is C74H129NO18. The maximum Gasteiger partial charge on any atom is 0.220 e. The molecule has 17 atom stereocenters. The third-order valence-corrected chi connectivity index (χ3v) is 17.7. The van der Waals surface area contributed by atoms with E-state index in [0.717, 1.165) is 70.6 Å². The summed E-state index contributed by atoms with van der Waals surface area (Å²) in [6, 6.07) is -0.993. The third kappa shape index (κ3) is 36.4. The molecule has 17 unspecified atom stereocenters. The molecule has 3 rings (SSSR count). The number of allylic oxidation sites excluding steroid dienone is 13. The summed E-state index contributed by atoms with van der Waals surface area (Å²) in [6.45, 7) is 1.59. The van der Waals surface area contributed by atoms with Crippen LogP contribution in [-0.4, -0.2) is 193 Å². The highest BCUT2D eigenvalue weighted by Gasteiger charge is 2.53. The van der Waals surface area contributed by atoms with Crippen LogP contribution in [0.2, 0.25) is 0 Å². The van der Waals surface area contributed by atoms with E-state index >= 15 is 0 Å². The Morgan fingerprint density at radius 2 is 0.753 bits per heavy atom. The van der Waals surface area contributed by atoms with Crippen LogP contribution >= 0.6 is 0 Å². The van der Waals surface area contributed by atoms with Crippen LogP contribution in [0, 0.1) is 0 Å². The van der Waals surface area contributed by atoms with E-state index in [4.69, 9.17) is 28.4 Å². The van der Waals surface area contributed by atoms with Crippen molar-refractivity contribution in [2.24, 2.45) is 0 Å². The number of unbranched alkanes of at least 4 members (excludes halogenated alkanes) is 27. The first-order valence-corrected chi connectivity index (χ1v) is 36.3. The SMILES string of the molecule is CC/C=C\C/C=C\C/C=C\C/C=C\C/C=C\CCCCCCCCCCCCCCCCCCCC(=O)NC(COC1OC(CO)C(OC2OC(CO)C(OC3OC(CO)C(O)C(O)C3O)C(O)C2O)C(O)C1O)C(O)/C=C/CC/C=C/CCCCCCCCCCC. The molecule has 3 saturated heterocycles. The van der Waals surface area contributed by atoms with Crippen molar-refractivity contribution in [3.63, 3.8) is 0 Å². The van der Waals surface area contributed by atoms with Gasteiger partial charge in [0.15, 0.2) is 18.9 Å². The summed E-state index contributed by atoms with van der Waals surface area (Å²) < 4.78 is 34.3. The van der Waals surface area contributed by atoms with E-state index in [1.54, 1.807) is 6.08 Å². The smallest absolute Gasteiger partial charge is 0.220 e. The van der Waals surface area contributed by atoms with Crippen molar-refractivity contribution in [3.05, 3.63) is 85.1 Å².